The van der Waals surface area contributed by atoms with Crippen molar-refractivity contribution in [1.29, 1.82) is 0 Å². The summed E-state index contributed by atoms with van der Waals surface area (Å²) >= 11 is 0. The molecule has 2 aromatic rings. The lowest BCUT2D eigenvalue weighted by Gasteiger charge is -2.40. The summed E-state index contributed by atoms with van der Waals surface area (Å²) in [6.07, 6.45) is 0.0889. The Labute approximate surface area is 443 Å². The molecule has 0 radical (unpaired) electrons. The van der Waals surface area contributed by atoms with E-state index in [-0.39, 0.29) is 38.1 Å². The maximum Gasteiger partial charge on any atom is 0.332 e. The van der Waals surface area contributed by atoms with Gasteiger partial charge in [-0.15, -0.1) is 0 Å². The summed E-state index contributed by atoms with van der Waals surface area (Å²) in [6.45, 7) is 16.1. The number of hydrogen-bond acceptors (Lipinski definition) is 11. The normalized spacial score (nSPS) is 27.1. The van der Waals surface area contributed by atoms with E-state index < -0.39 is 125 Å². The summed E-state index contributed by atoms with van der Waals surface area (Å²) in [5.41, 5.74) is -2.03. The molecule has 0 aliphatic carbocycles. The summed E-state index contributed by atoms with van der Waals surface area (Å²) < 4.78 is 5.94. The van der Waals surface area contributed by atoms with Crippen molar-refractivity contribution in [1.82, 2.24) is 40.4 Å². The number of amides is 8. The molecule has 4 N–H and O–H groups in total. The van der Waals surface area contributed by atoms with E-state index in [0.717, 1.165) is 15.4 Å². The van der Waals surface area contributed by atoms with E-state index in [4.69, 9.17) is 4.74 Å². The molecular weight excluding hydrogens is 961 g/mol. The van der Waals surface area contributed by atoms with Crippen LogP contribution in [0.2, 0.25) is 0 Å². The molecule has 4 rings (SSSR count). The topological polar surface area (TPSA) is 235 Å². The standard InChI is InChI=1S/C56H84N8O11/c1-15-35(5)44-51(70)61(12)37(7)47(66)58-40(30-34(3)4)49(68)63(14)46(55(8,9)74)53(72)75-45(36(6)16-2)52(71)60(11)33-43(65)57-41(31-38-24-19-17-20-25-38)48(67)62(13)42(32-39-26-21-18-22-27-39)50(69)64-29-23-28-56(64,10)54(73)59-44/h17-22,24-27,34-37,40-42,44-46,74H,15-16,23,28-33H2,1-14H3,(H,57,65)(H,58,66)(H,59,73)/t35?,36?,37-,40?,41?,42?,44?,45?,46?,56+/m0/s1. The zero-order valence-corrected chi connectivity index (χ0v) is 46.7. The molecule has 0 aromatic heterocycles. The van der Waals surface area contributed by atoms with Gasteiger partial charge in [0.2, 0.25) is 41.4 Å². The van der Waals surface area contributed by atoms with E-state index >= 15 is 9.59 Å². The number of carbonyl (C=O) groups excluding carboxylic acids is 9. The molecular formula is C56H84N8O11. The van der Waals surface area contributed by atoms with Gasteiger partial charge in [0.25, 0.3) is 5.91 Å². The maximum atomic E-state index is 15.3. The number of ether oxygens (including phenoxy) is 1. The first-order valence-corrected chi connectivity index (χ1v) is 26.4. The molecule has 0 bridgehead atoms. The number of likely N-dealkylation sites (N-methyl/N-ethyl adjacent to an activating group) is 4. The second-order valence-electron chi connectivity index (χ2n) is 21.9. The van der Waals surface area contributed by atoms with Crippen molar-refractivity contribution in [3.63, 3.8) is 0 Å². The molecule has 2 fully saturated rings. The number of rotatable bonds is 11. The van der Waals surface area contributed by atoms with Crippen LogP contribution in [0.5, 0.6) is 0 Å². The Kier molecular flexibility index (Phi) is 21.5. The van der Waals surface area contributed by atoms with Crippen LogP contribution in [-0.4, -0.2) is 178 Å². The molecule has 19 heteroatoms. The van der Waals surface area contributed by atoms with Gasteiger partial charge in [0.05, 0.1) is 12.1 Å². The van der Waals surface area contributed by atoms with Crippen LogP contribution in [0.3, 0.4) is 0 Å². The van der Waals surface area contributed by atoms with E-state index in [9.17, 15) is 38.7 Å². The van der Waals surface area contributed by atoms with Crippen LogP contribution in [0, 0.1) is 17.8 Å². The predicted molar refractivity (Wildman–Crippen MR) is 283 cm³/mol. The van der Waals surface area contributed by atoms with Gasteiger partial charge < -0.3 is 50.3 Å². The molecule has 8 amide bonds. The molecule has 19 nitrogen and oxygen atoms in total. The monoisotopic (exact) mass is 1040 g/mol. The van der Waals surface area contributed by atoms with Crippen LogP contribution in [-0.2, 0) is 60.7 Å². The highest BCUT2D eigenvalue weighted by Gasteiger charge is 2.50. The molecule has 414 valence electrons. The van der Waals surface area contributed by atoms with E-state index in [1.54, 1.807) is 52.0 Å². The highest BCUT2D eigenvalue weighted by molar-refractivity contribution is 5.99. The quantitative estimate of drug-likeness (QED) is 0.239. The molecule has 75 heavy (non-hydrogen) atoms. The van der Waals surface area contributed by atoms with Gasteiger partial charge in [-0.3, -0.25) is 38.4 Å². The Bertz CT molecular complexity index is 2340. The summed E-state index contributed by atoms with van der Waals surface area (Å²) in [7, 11) is 5.53. The Morgan fingerprint density at radius 1 is 0.693 bits per heavy atom. The minimum Gasteiger partial charge on any atom is -0.450 e. The number of benzene rings is 2. The molecule has 8 unspecified atom stereocenters. The third-order valence-electron chi connectivity index (χ3n) is 15.1. The third kappa shape index (κ3) is 15.2. The van der Waals surface area contributed by atoms with Gasteiger partial charge in [-0.2, -0.15) is 0 Å². The van der Waals surface area contributed by atoms with Crippen molar-refractivity contribution < 1.29 is 53.0 Å². The molecule has 0 spiro atoms. The van der Waals surface area contributed by atoms with E-state index in [1.165, 1.54) is 63.7 Å². The lowest BCUT2D eigenvalue weighted by molar-refractivity contribution is -0.176. The van der Waals surface area contributed by atoms with Gasteiger partial charge >= 0.3 is 5.97 Å². The summed E-state index contributed by atoms with van der Waals surface area (Å²) in [5, 5.41) is 20.1. The number of esters is 1. The fourth-order valence-electron chi connectivity index (χ4n) is 9.82. The Balaban J connectivity index is 1.90. The molecule has 10 atom stereocenters. The van der Waals surface area contributed by atoms with E-state index in [1.807, 2.05) is 57.2 Å². The number of aliphatic hydroxyl groups is 1. The Morgan fingerprint density at radius 2 is 1.24 bits per heavy atom. The molecule has 2 aromatic carbocycles. The zero-order chi connectivity index (χ0) is 56.3. The van der Waals surface area contributed by atoms with E-state index in [0.29, 0.717) is 24.8 Å². The van der Waals surface area contributed by atoms with Gasteiger partial charge in [0, 0.05) is 53.5 Å². The van der Waals surface area contributed by atoms with E-state index in [2.05, 4.69) is 16.0 Å². The third-order valence-corrected chi connectivity index (χ3v) is 15.1. The second-order valence-corrected chi connectivity index (χ2v) is 21.9. The van der Waals surface area contributed by atoms with Crippen molar-refractivity contribution in [3.8, 4) is 0 Å². The van der Waals surface area contributed by atoms with Gasteiger partial charge in [-0.1, -0.05) is 109 Å². The number of cyclic esters (lactones) is 1. The minimum absolute atomic E-state index is 0.00158. The number of hydrogen-bond donors (Lipinski definition) is 4. The number of nitrogens with one attached hydrogen (secondary N) is 3. The highest BCUT2D eigenvalue weighted by Crippen LogP contribution is 2.32. The van der Waals surface area contributed by atoms with Crippen LogP contribution in [0.4, 0.5) is 0 Å². The summed E-state index contributed by atoms with van der Waals surface area (Å²) in [6, 6.07) is 10.3. The number of fused-ring (bicyclic) bond motifs is 1. The van der Waals surface area contributed by atoms with Crippen LogP contribution in [0.25, 0.3) is 0 Å². The minimum atomic E-state index is -1.95. The Morgan fingerprint density at radius 3 is 1.77 bits per heavy atom. The number of nitrogens with zero attached hydrogens (tertiary/aromatic N) is 5. The number of carbonyl (C=O) groups is 9. The molecule has 2 heterocycles. The largest absolute Gasteiger partial charge is 0.450 e. The summed E-state index contributed by atoms with van der Waals surface area (Å²) in [4.78, 5) is 137. The fourth-order valence-corrected chi connectivity index (χ4v) is 9.82. The van der Waals surface area contributed by atoms with Crippen molar-refractivity contribution in [2.75, 3.05) is 41.3 Å². The lowest BCUT2D eigenvalue weighted by Crippen LogP contribution is -2.64. The molecule has 2 aliphatic heterocycles. The van der Waals surface area contributed by atoms with Gasteiger partial charge in [0.15, 0.2) is 12.1 Å². The first-order valence-electron chi connectivity index (χ1n) is 26.4. The molecule has 2 aliphatic rings. The second kappa shape index (κ2) is 26.4. The van der Waals surface area contributed by atoms with Gasteiger partial charge in [-0.05, 0) is 76.3 Å². The van der Waals surface area contributed by atoms with Crippen LogP contribution >= 0.6 is 0 Å². The maximum absolute atomic E-state index is 15.3. The smallest absolute Gasteiger partial charge is 0.332 e. The molecule has 0 saturated carbocycles. The van der Waals surface area contributed by atoms with Crippen molar-refractivity contribution in [2.24, 2.45) is 17.8 Å². The van der Waals surface area contributed by atoms with Crippen molar-refractivity contribution in [2.45, 2.75) is 168 Å². The summed E-state index contributed by atoms with van der Waals surface area (Å²) in [5.74, 6) is -7.69. The van der Waals surface area contributed by atoms with Crippen LogP contribution < -0.4 is 16.0 Å². The van der Waals surface area contributed by atoms with Crippen LogP contribution in [0.1, 0.15) is 112 Å². The first-order chi connectivity index (χ1) is 35.1. The first kappa shape index (κ1) is 61.2. The Hall–Kier alpha value is -6.37. The zero-order valence-electron chi connectivity index (χ0n) is 46.7. The van der Waals surface area contributed by atoms with Gasteiger partial charge in [-0.25, -0.2) is 4.79 Å². The average molecular weight is 1050 g/mol. The van der Waals surface area contributed by atoms with Gasteiger partial charge in [0.1, 0.15) is 35.7 Å². The lowest BCUT2D eigenvalue weighted by atomic mass is 9.92. The SMILES string of the molecule is CCC(C)C1NC(=O)[C@@]2(C)CCCN2C(=O)C(Cc2ccccc2)N(C)C(=O)C(Cc2ccccc2)NC(=O)CN(C)C(=O)C(C(C)CC)OC(=O)C(C(C)(C)O)N(C)C(=O)C(CC(C)C)NC(=O)[C@H](C)N(C)C1=O. The predicted octanol–water partition coefficient (Wildman–Crippen LogP) is 3.10. The average Bonchev–Trinajstić information content (AvgIpc) is 3.78. The van der Waals surface area contributed by atoms with Crippen molar-refractivity contribution in [3.05, 3.63) is 71.8 Å². The highest BCUT2D eigenvalue weighted by atomic mass is 16.6. The fraction of sp³-hybridized carbons (Fsp3) is 0.625. The van der Waals surface area contributed by atoms with Crippen LogP contribution in [0.15, 0.2) is 60.7 Å². The van der Waals surface area contributed by atoms with Crippen molar-refractivity contribution >= 4 is 53.2 Å². The molecule has 2 saturated heterocycles.